The molecule has 0 aliphatic rings. The van der Waals surface area contributed by atoms with Crippen molar-refractivity contribution in [2.45, 2.75) is 13.3 Å². The Bertz CT molecular complexity index is 518. The standard InChI is InChI=1S/C15H19N3O2/c1-12-6-3-4-7-14(12)18-11-13(10-16)15(19)17-8-5-9-20-2/h3-4,6-7,11,18H,5,8-9H2,1-2H3,(H,17,19)/b13-11-. The Hall–Kier alpha value is -2.32. The normalized spacial score (nSPS) is 10.8. The summed E-state index contributed by atoms with van der Waals surface area (Å²) in [4.78, 5) is 11.8. The van der Waals surface area contributed by atoms with Gasteiger partial charge in [-0.3, -0.25) is 4.79 Å². The van der Waals surface area contributed by atoms with Gasteiger partial charge in [0.1, 0.15) is 11.6 Å². The molecule has 0 spiro atoms. The Balaban J connectivity index is 2.57. The van der Waals surface area contributed by atoms with Crippen LogP contribution in [0.25, 0.3) is 0 Å². The molecule has 0 fully saturated rings. The van der Waals surface area contributed by atoms with Crippen molar-refractivity contribution in [2.75, 3.05) is 25.6 Å². The number of nitriles is 1. The second kappa shape index (κ2) is 8.73. The van der Waals surface area contributed by atoms with E-state index >= 15 is 0 Å². The average Bonchev–Trinajstić information content (AvgIpc) is 2.46. The zero-order valence-corrected chi connectivity index (χ0v) is 11.8. The van der Waals surface area contributed by atoms with Crippen LogP contribution in [0.1, 0.15) is 12.0 Å². The van der Waals surface area contributed by atoms with Crippen LogP contribution >= 0.6 is 0 Å². The molecule has 1 rings (SSSR count). The van der Waals surface area contributed by atoms with E-state index in [4.69, 9.17) is 10.00 Å². The number of carbonyl (C=O) groups is 1. The summed E-state index contributed by atoms with van der Waals surface area (Å²) in [6, 6.07) is 9.54. The van der Waals surface area contributed by atoms with Gasteiger partial charge in [0.2, 0.25) is 0 Å². The molecule has 0 aliphatic heterocycles. The lowest BCUT2D eigenvalue weighted by Crippen LogP contribution is -2.26. The molecule has 0 bridgehead atoms. The minimum Gasteiger partial charge on any atom is -0.385 e. The van der Waals surface area contributed by atoms with E-state index in [2.05, 4.69) is 10.6 Å². The van der Waals surface area contributed by atoms with Gasteiger partial charge in [0, 0.05) is 32.1 Å². The van der Waals surface area contributed by atoms with Gasteiger partial charge in [-0.15, -0.1) is 0 Å². The third kappa shape index (κ3) is 5.12. The van der Waals surface area contributed by atoms with Crippen molar-refractivity contribution < 1.29 is 9.53 Å². The van der Waals surface area contributed by atoms with E-state index in [9.17, 15) is 4.79 Å². The summed E-state index contributed by atoms with van der Waals surface area (Å²) < 4.78 is 4.89. The Morgan fingerprint density at radius 2 is 2.20 bits per heavy atom. The van der Waals surface area contributed by atoms with Crippen LogP contribution in [0.15, 0.2) is 36.0 Å². The first-order valence-electron chi connectivity index (χ1n) is 6.38. The number of rotatable bonds is 7. The molecule has 5 nitrogen and oxygen atoms in total. The van der Waals surface area contributed by atoms with Gasteiger partial charge in [-0.05, 0) is 25.0 Å². The largest absolute Gasteiger partial charge is 0.385 e. The highest BCUT2D eigenvalue weighted by Gasteiger charge is 2.07. The van der Waals surface area contributed by atoms with Gasteiger partial charge in [0.05, 0.1) is 0 Å². The molecule has 0 radical (unpaired) electrons. The quantitative estimate of drug-likeness (QED) is 0.452. The molecule has 0 saturated carbocycles. The van der Waals surface area contributed by atoms with Crippen molar-refractivity contribution in [3.05, 3.63) is 41.6 Å². The van der Waals surface area contributed by atoms with Gasteiger partial charge >= 0.3 is 0 Å². The van der Waals surface area contributed by atoms with Crippen molar-refractivity contribution >= 4 is 11.6 Å². The first-order valence-corrected chi connectivity index (χ1v) is 6.38. The number of anilines is 1. The fraction of sp³-hybridized carbons (Fsp3) is 0.333. The molecule has 5 heteroatoms. The molecule has 0 aliphatic carbocycles. The van der Waals surface area contributed by atoms with Crippen LogP contribution in [-0.4, -0.2) is 26.2 Å². The first-order chi connectivity index (χ1) is 9.69. The molecule has 0 saturated heterocycles. The minimum atomic E-state index is -0.385. The zero-order chi connectivity index (χ0) is 14.8. The van der Waals surface area contributed by atoms with Crippen LogP contribution in [0.4, 0.5) is 5.69 Å². The zero-order valence-electron chi connectivity index (χ0n) is 11.8. The van der Waals surface area contributed by atoms with Crippen LogP contribution in [0, 0.1) is 18.3 Å². The van der Waals surface area contributed by atoms with E-state index < -0.39 is 0 Å². The number of para-hydroxylation sites is 1. The summed E-state index contributed by atoms with van der Waals surface area (Å²) in [7, 11) is 1.61. The highest BCUT2D eigenvalue weighted by molar-refractivity contribution is 5.97. The summed E-state index contributed by atoms with van der Waals surface area (Å²) in [6.45, 7) is 3.01. The number of nitrogens with zero attached hydrogens (tertiary/aromatic N) is 1. The highest BCUT2D eigenvalue weighted by atomic mass is 16.5. The van der Waals surface area contributed by atoms with Crippen molar-refractivity contribution in [1.82, 2.24) is 5.32 Å². The second-order valence-electron chi connectivity index (χ2n) is 4.23. The van der Waals surface area contributed by atoms with Crippen LogP contribution in [0.5, 0.6) is 0 Å². The molecular weight excluding hydrogens is 254 g/mol. The summed E-state index contributed by atoms with van der Waals surface area (Å²) in [5.41, 5.74) is 1.96. The molecule has 1 amide bonds. The molecule has 106 valence electrons. The number of hydrogen-bond acceptors (Lipinski definition) is 4. The second-order valence-corrected chi connectivity index (χ2v) is 4.23. The summed E-state index contributed by atoms with van der Waals surface area (Å²) in [5.74, 6) is -0.385. The molecule has 0 aromatic heterocycles. The van der Waals surface area contributed by atoms with Gasteiger partial charge in [0.25, 0.3) is 5.91 Å². The Kier molecular flexibility index (Phi) is 6.87. The lowest BCUT2D eigenvalue weighted by Gasteiger charge is -2.06. The first kappa shape index (κ1) is 15.7. The number of amides is 1. The Morgan fingerprint density at radius 3 is 2.85 bits per heavy atom. The maximum atomic E-state index is 11.8. The number of ether oxygens (including phenoxy) is 1. The SMILES string of the molecule is COCCCNC(=O)/C(C#N)=C\Nc1ccccc1C. The molecule has 0 heterocycles. The van der Waals surface area contributed by atoms with Crippen LogP contribution in [0.2, 0.25) is 0 Å². The predicted molar refractivity (Wildman–Crippen MR) is 78.0 cm³/mol. The van der Waals surface area contributed by atoms with Crippen molar-refractivity contribution in [2.24, 2.45) is 0 Å². The molecule has 1 aromatic rings. The topological polar surface area (TPSA) is 74.1 Å². The lowest BCUT2D eigenvalue weighted by atomic mass is 10.2. The van der Waals surface area contributed by atoms with Gasteiger partial charge in [-0.25, -0.2) is 0 Å². The molecule has 0 unspecified atom stereocenters. The number of methoxy groups -OCH3 is 1. The van der Waals surface area contributed by atoms with E-state index in [1.807, 2.05) is 37.3 Å². The van der Waals surface area contributed by atoms with E-state index in [0.717, 1.165) is 11.3 Å². The fourth-order valence-electron chi connectivity index (χ4n) is 1.55. The van der Waals surface area contributed by atoms with Gasteiger partial charge in [-0.1, -0.05) is 18.2 Å². The van der Waals surface area contributed by atoms with E-state index in [0.29, 0.717) is 19.6 Å². The summed E-state index contributed by atoms with van der Waals surface area (Å²) in [6.07, 6.45) is 2.14. The molecule has 0 atom stereocenters. The number of hydrogen-bond donors (Lipinski definition) is 2. The Labute approximate surface area is 119 Å². The molecule has 1 aromatic carbocycles. The average molecular weight is 273 g/mol. The molecular formula is C15H19N3O2. The maximum absolute atomic E-state index is 11.8. The summed E-state index contributed by atoms with van der Waals surface area (Å²) in [5, 5.41) is 14.6. The van der Waals surface area contributed by atoms with Crippen LogP contribution in [-0.2, 0) is 9.53 Å². The fourth-order valence-corrected chi connectivity index (χ4v) is 1.55. The van der Waals surface area contributed by atoms with Crippen LogP contribution in [0.3, 0.4) is 0 Å². The number of carbonyl (C=O) groups excluding carboxylic acids is 1. The van der Waals surface area contributed by atoms with Crippen LogP contribution < -0.4 is 10.6 Å². The van der Waals surface area contributed by atoms with Crippen molar-refractivity contribution in [3.8, 4) is 6.07 Å². The third-order valence-corrected chi connectivity index (χ3v) is 2.69. The number of aryl methyl sites for hydroxylation is 1. The van der Waals surface area contributed by atoms with E-state index in [-0.39, 0.29) is 11.5 Å². The lowest BCUT2D eigenvalue weighted by molar-refractivity contribution is -0.117. The van der Waals surface area contributed by atoms with E-state index in [1.165, 1.54) is 6.20 Å². The predicted octanol–water partition coefficient (Wildman–Crippen LogP) is 1.97. The summed E-state index contributed by atoms with van der Waals surface area (Å²) >= 11 is 0. The molecule has 2 N–H and O–H groups in total. The third-order valence-electron chi connectivity index (χ3n) is 2.69. The maximum Gasteiger partial charge on any atom is 0.263 e. The van der Waals surface area contributed by atoms with Gasteiger partial charge in [0.15, 0.2) is 0 Å². The van der Waals surface area contributed by atoms with E-state index in [1.54, 1.807) is 7.11 Å². The minimum absolute atomic E-state index is 0.0469. The smallest absolute Gasteiger partial charge is 0.263 e. The van der Waals surface area contributed by atoms with Crippen molar-refractivity contribution in [3.63, 3.8) is 0 Å². The Morgan fingerprint density at radius 1 is 1.45 bits per heavy atom. The number of nitrogens with one attached hydrogen (secondary N) is 2. The van der Waals surface area contributed by atoms with Gasteiger partial charge in [-0.2, -0.15) is 5.26 Å². The van der Waals surface area contributed by atoms with Crippen molar-refractivity contribution in [1.29, 1.82) is 5.26 Å². The van der Waals surface area contributed by atoms with Gasteiger partial charge < -0.3 is 15.4 Å². The molecule has 20 heavy (non-hydrogen) atoms. The highest BCUT2D eigenvalue weighted by Crippen LogP contribution is 2.13. The number of benzene rings is 1. The monoisotopic (exact) mass is 273 g/mol.